The molecule has 0 spiro atoms. The van der Waals surface area contributed by atoms with Crippen molar-refractivity contribution in [2.24, 2.45) is 7.05 Å². The van der Waals surface area contributed by atoms with Crippen LogP contribution in [0.3, 0.4) is 0 Å². The Labute approximate surface area is 101 Å². The molecule has 0 aromatic carbocycles. The second-order valence-electron chi connectivity index (χ2n) is 4.98. The fourth-order valence-electron chi connectivity index (χ4n) is 2.05. The van der Waals surface area contributed by atoms with E-state index in [2.05, 4.69) is 15.5 Å². The van der Waals surface area contributed by atoms with Gasteiger partial charge >= 0.3 is 0 Å². The molecule has 0 radical (unpaired) electrons. The van der Waals surface area contributed by atoms with E-state index < -0.39 is 9.84 Å². The van der Waals surface area contributed by atoms with Gasteiger partial charge < -0.3 is 9.88 Å². The van der Waals surface area contributed by atoms with Crippen molar-refractivity contribution < 1.29 is 8.42 Å². The number of hydrogen-bond acceptors (Lipinski definition) is 5. The molecule has 1 aromatic heterocycles. The van der Waals surface area contributed by atoms with E-state index in [1.54, 1.807) is 0 Å². The Morgan fingerprint density at radius 3 is 2.65 bits per heavy atom. The Kier molecular flexibility index (Phi) is 2.99. The highest BCUT2D eigenvalue weighted by molar-refractivity contribution is 7.91. The van der Waals surface area contributed by atoms with Gasteiger partial charge in [0.15, 0.2) is 9.84 Å². The molecule has 2 rings (SSSR count). The van der Waals surface area contributed by atoms with Crippen LogP contribution in [0.2, 0.25) is 0 Å². The van der Waals surface area contributed by atoms with E-state index in [1.165, 1.54) is 0 Å². The van der Waals surface area contributed by atoms with Crippen LogP contribution in [0, 0.1) is 6.92 Å². The highest BCUT2D eigenvalue weighted by Crippen LogP contribution is 2.23. The summed E-state index contributed by atoms with van der Waals surface area (Å²) in [5.74, 6) is 2.16. The normalized spacial score (nSPS) is 27.5. The summed E-state index contributed by atoms with van der Waals surface area (Å²) >= 11 is 0. The van der Waals surface area contributed by atoms with Crippen molar-refractivity contribution in [1.29, 1.82) is 0 Å². The Morgan fingerprint density at radius 2 is 2.18 bits per heavy atom. The van der Waals surface area contributed by atoms with Crippen LogP contribution in [-0.4, -0.2) is 40.2 Å². The number of aryl methyl sites for hydroxylation is 1. The zero-order valence-electron chi connectivity index (χ0n) is 10.4. The quantitative estimate of drug-likeness (QED) is 0.812. The molecule has 1 aliphatic heterocycles. The van der Waals surface area contributed by atoms with Gasteiger partial charge in [0, 0.05) is 12.6 Å². The molecule has 2 heterocycles. The molecule has 1 unspecified atom stereocenters. The molecule has 1 saturated heterocycles. The number of nitrogens with zero attached hydrogens (tertiary/aromatic N) is 3. The minimum Gasteiger partial charge on any atom is -0.317 e. The predicted octanol–water partition coefficient (Wildman–Crippen LogP) is -0.210. The topological polar surface area (TPSA) is 76.9 Å². The second kappa shape index (κ2) is 4.06. The SMILES string of the molecule is Cc1nnc(CNC2(C)CCS(=O)(=O)C2)n1C. The zero-order valence-corrected chi connectivity index (χ0v) is 11.2. The first-order chi connectivity index (χ1) is 7.81. The number of rotatable bonds is 3. The van der Waals surface area contributed by atoms with Gasteiger partial charge in [-0.25, -0.2) is 8.42 Å². The molecular weight excluding hydrogens is 240 g/mol. The van der Waals surface area contributed by atoms with E-state index in [0.29, 0.717) is 13.0 Å². The summed E-state index contributed by atoms with van der Waals surface area (Å²) in [6.45, 7) is 4.38. The lowest BCUT2D eigenvalue weighted by Crippen LogP contribution is -2.43. The first-order valence-corrected chi connectivity index (χ1v) is 7.44. The maximum atomic E-state index is 11.5. The standard InChI is InChI=1S/C10H18N4O2S/c1-8-12-13-9(14(8)3)6-11-10(2)4-5-17(15,16)7-10/h11H,4-7H2,1-3H3. The zero-order chi connectivity index (χ0) is 12.7. The van der Waals surface area contributed by atoms with Crippen LogP contribution in [0.15, 0.2) is 0 Å². The maximum absolute atomic E-state index is 11.5. The molecule has 0 aliphatic carbocycles. The molecule has 1 aromatic rings. The van der Waals surface area contributed by atoms with E-state index in [9.17, 15) is 8.42 Å². The van der Waals surface area contributed by atoms with Crippen LogP contribution in [0.1, 0.15) is 25.0 Å². The Morgan fingerprint density at radius 1 is 1.47 bits per heavy atom. The van der Waals surface area contributed by atoms with E-state index >= 15 is 0 Å². The van der Waals surface area contributed by atoms with E-state index in [-0.39, 0.29) is 17.0 Å². The average Bonchev–Trinajstić information content (AvgIpc) is 2.68. The third kappa shape index (κ3) is 2.66. The molecule has 1 fully saturated rings. The highest BCUT2D eigenvalue weighted by atomic mass is 32.2. The molecule has 7 heteroatoms. The van der Waals surface area contributed by atoms with Gasteiger partial charge in [0.05, 0.1) is 18.1 Å². The van der Waals surface area contributed by atoms with Gasteiger partial charge in [-0.15, -0.1) is 10.2 Å². The molecule has 96 valence electrons. The lowest BCUT2D eigenvalue weighted by molar-refractivity contribution is 0.387. The fraction of sp³-hybridized carbons (Fsp3) is 0.800. The Balaban J connectivity index is 2.02. The highest BCUT2D eigenvalue weighted by Gasteiger charge is 2.37. The minimum absolute atomic E-state index is 0.205. The van der Waals surface area contributed by atoms with Crippen molar-refractivity contribution in [2.75, 3.05) is 11.5 Å². The van der Waals surface area contributed by atoms with Crippen molar-refractivity contribution >= 4 is 9.84 Å². The number of nitrogens with one attached hydrogen (secondary N) is 1. The number of hydrogen-bond donors (Lipinski definition) is 1. The van der Waals surface area contributed by atoms with Crippen LogP contribution in [0.4, 0.5) is 0 Å². The van der Waals surface area contributed by atoms with Crippen LogP contribution < -0.4 is 5.32 Å². The van der Waals surface area contributed by atoms with Crippen molar-refractivity contribution in [3.8, 4) is 0 Å². The van der Waals surface area contributed by atoms with E-state index in [4.69, 9.17) is 0 Å². The Bertz CT molecular complexity index is 522. The summed E-state index contributed by atoms with van der Waals surface area (Å²) < 4.78 is 24.8. The summed E-state index contributed by atoms with van der Waals surface area (Å²) in [6, 6.07) is 0. The molecular formula is C10H18N4O2S. The first kappa shape index (κ1) is 12.5. The third-order valence-corrected chi connectivity index (χ3v) is 5.26. The van der Waals surface area contributed by atoms with Gasteiger partial charge in [-0.2, -0.15) is 0 Å². The molecule has 1 N–H and O–H groups in total. The molecule has 0 amide bonds. The van der Waals surface area contributed by atoms with Crippen LogP contribution in [-0.2, 0) is 23.4 Å². The van der Waals surface area contributed by atoms with Gasteiger partial charge in [-0.05, 0) is 20.3 Å². The summed E-state index contributed by atoms with van der Waals surface area (Å²) in [4.78, 5) is 0. The summed E-state index contributed by atoms with van der Waals surface area (Å²) in [5, 5.41) is 11.3. The molecule has 1 aliphatic rings. The van der Waals surface area contributed by atoms with Crippen molar-refractivity contribution in [3.63, 3.8) is 0 Å². The smallest absolute Gasteiger partial charge is 0.152 e. The van der Waals surface area contributed by atoms with Gasteiger partial charge in [-0.3, -0.25) is 0 Å². The largest absolute Gasteiger partial charge is 0.317 e. The van der Waals surface area contributed by atoms with Crippen molar-refractivity contribution in [1.82, 2.24) is 20.1 Å². The molecule has 17 heavy (non-hydrogen) atoms. The first-order valence-electron chi connectivity index (χ1n) is 5.62. The lowest BCUT2D eigenvalue weighted by atomic mass is 10.0. The maximum Gasteiger partial charge on any atom is 0.152 e. The van der Waals surface area contributed by atoms with E-state index in [0.717, 1.165) is 11.6 Å². The fourth-order valence-corrected chi connectivity index (χ4v) is 4.17. The third-order valence-electron chi connectivity index (χ3n) is 3.36. The molecule has 1 atom stereocenters. The van der Waals surface area contributed by atoms with Crippen LogP contribution in [0.25, 0.3) is 0 Å². The lowest BCUT2D eigenvalue weighted by Gasteiger charge is -2.23. The number of aromatic nitrogens is 3. The summed E-state index contributed by atoms with van der Waals surface area (Å²) in [6.07, 6.45) is 0.659. The van der Waals surface area contributed by atoms with Crippen molar-refractivity contribution in [2.45, 2.75) is 32.4 Å². The molecule has 0 saturated carbocycles. The number of sulfone groups is 1. The van der Waals surface area contributed by atoms with Gasteiger partial charge in [-0.1, -0.05) is 0 Å². The molecule has 0 bridgehead atoms. The molecule has 6 nitrogen and oxygen atoms in total. The van der Waals surface area contributed by atoms with Gasteiger partial charge in [0.2, 0.25) is 0 Å². The monoisotopic (exact) mass is 258 g/mol. The van der Waals surface area contributed by atoms with Crippen LogP contribution in [0.5, 0.6) is 0 Å². The van der Waals surface area contributed by atoms with E-state index in [1.807, 2.05) is 25.5 Å². The van der Waals surface area contributed by atoms with Gasteiger partial charge in [0.25, 0.3) is 0 Å². The summed E-state index contributed by atoms with van der Waals surface area (Å²) in [7, 11) is -0.966. The summed E-state index contributed by atoms with van der Waals surface area (Å²) in [5.41, 5.74) is -0.335. The average molecular weight is 258 g/mol. The predicted molar refractivity (Wildman–Crippen MR) is 64.3 cm³/mol. The second-order valence-corrected chi connectivity index (χ2v) is 7.16. The van der Waals surface area contributed by atoms with Crippen molar-refractivity contribution in [3.05, 3.63) is 11.6 Å². The Hall–Kier alpha value is -0.950. The minimum atomic E-state index is -2.87. The van der Waals surface area contributed by atoms with Crippen LogP contribution >= 0.6 is 0 Å². The van der Waals surface area contributed by atoms with Gasteiger partial charge in [0.1, 0.15) is 11.6 Å².